The molecule has 1 aliphatic carbocycles. The Bertz CT molecular complexity index is 454. The van der Waals surface area contributed by atoms with Crippen molar-refractivity contribution in [1.29, 1.82) is 0 Å². The topological polar surface area (TPSA) is 38.7 Å². The van der Waals surface area contributed by atoms with E-state index in [2.05, 4.69) is 5.16 Å². The molecule has 22 heavy (non-hydrogen) atoms. The Labute approximate surface area is 133 Å². The smallest absolute Gasteiger partial charge is 0.313 e. The number of rotatable bonds is 2. The van der Waals surface area contributed by atoms with Crippen molar-refractivity contribution in [3.05, 3.63) is 35.9 Å². The minimum Gasteiger partial charge on any atom is -0.313 e. The highest BCUT2D eigenvalue weighted by molar-refractivity contribution is 5.90. The second kappa shape index (κ2) is 10.1. The fraction of sp³-hybridized carbons (Fsp3) is 0.579. The number of nitrogens with zero attached hydrogens (tertiary/aromatic N) is 1. The molecule has 0 radical (unpaired) electrons. The SMILES string of the molecule is O=C(ON=C1CCCCCCCCCCC1)c1ccccc1. The van der Waals surface area contributed by atoms with Gasteiger partial charge in [-0.2, -0.15) is 0 Å². The number of carbonyl (C=O) groups excluding carboxylic acids is 1. The van der Waals surface area contributed by atoms with Gasteiger partial charge in [-0.1, -0.05) is 68.3 Å². The lowest BCUT2D eigenvalue weighted by Gasteiger charge is -2.09. The average Bonchev–Trinajstić information content (AvgIpc) is 2.55. The number of hydrogen-bond donors (Lipinski definition) is 0. The van der Waals surface area contributed by atoms with Crippen molar-refractivity contribution in [1.82, 2.24) is 0 Å². The van der Waals surface area contributed by atoms with Gasteiger partial charge in [-0.15, -0.1) is 0 Å². The molecule has 120 valence electrons. The first kappa shape index (κ1) is 16.7. The summed E-state index contributed by atoms with van der Waals surface area (Å²) < 4.78 is 0. The van der Waals surface area contributed by atoms with Gasteiger partial charge in [-0.3, -0.25) is 0 Å². The van der Waals surface area contributed by atoms with Crippen LogP contribution in [0.15, 0.2) is 35.5 Å². The van der Waals surface area contributed by atoms with Crippen molar-refractivity contribution in [2.24, 2.45) is 5.16 Å². The van der Waals surface area contributed by atoms with E-state index < -0.39 is 0 Å². The Morgan fingerprint density at radius 3 is 1.82 bits per heavy atom. The van der Waals surface area contributed by atoms with Gasteiger partial charge in [0.2, 0.25) is 0 Å². The van der Waals surface area contributed by atoms with E-state index in [0.29, 0.717) is 5.56 Å². The Balaban J connectivity index is 1.86. The maximum absolute atomic E-state index is 11.9. The van der Waals surface area contributed by atoms with Crippen LogP contribution in [0.1, 0.15) is 81.0 Å². The molecule has 1 saturated carbocycles. The summed E-state index contributed by atoms with van der Waals surface area (Å²) in [4.78, 5) is 17.1. The number of carbonyl (C=O) groups is 1. The van der Waals surface area contributed by atoms with Gasteiger partial charge in [0.05, 0.1) is 11.3 Å². The molecule has 1 aliphatic rings. The molecule has 0 unspecified atom stereocenters. The largest absolute Gasteiger partial charge is 0.365 e. The molecule has 0 aliphatic heterocycles. The standard InChI is InChI=1S/C19H27NO2/c21-19(17-13-9-8-10-14-17)22-20-18-15-11-6-4-2-1-3-5-7-12-16-18/h8-10,13-14H,1-7,11-12,15-16H2. The first-order valence-electron chi connectivity index (χ1n) is 8.68. The number of benzene rings is 1. The summed E-state index contributed by atoms with van der Waals surface area (Å²) in [5, 5.41) is 4.15. The minimum atomic E-state index is -0.362. The highest BCUT2D eigenvalue weighted by Crippen LogP contribution is 2.16. The second-order valence-corrected chi connectivity index (χ2v) is 6.08. The first-order chi connectivity index (χ1) is 10.9. The summed E-state index contributed by atoms with van der Waals surface area (Å²) in [5.74, 6) is -0.362. The third-order valence-corrected chi connectivity index (χ3v) is 4.20. The molecule has 0 saturated heterocycles. The molecular formula is C19H27NO2. The predicted octanol–water partition coefficient (Wildman–Crippen LogP) is 5.50. The van der Waals surface area contributed by atoms with E-state index in [-0.39, 0.29) is 5.97 Å². The van der Waals surface area contributed by atoms with Crippen LogP contribution < -0.4 is 0 Å². The summed E-state index contributed by atoms with van der Waals surface area (Å²) in [6, 6.07) is 9.06. The van der Waals surface area contributed by atoms with Crippen molar-refractivity contribution in [2.75, 3.05) is 0 Å². The van der Waals surface area contributed by atoms with E-state index in [4.69, 9.17) is 4.84 Å². The van der Waals surface area contributed by atoms with E-state index in [1.165, 1.54) is 44.9 Å². The van der Waals surface area contributed by atoms with Gasteiger partial charge in [0.1, 0.15) is 0 Å². The first-order valence-corrected chi connectivity index (χ1v) is 8.68. The van der Waals surface area contributed by atoms with Crippen LogP contribution in [0.5, 0.6) is 0 Å². The summed E-state index contributed by atoms with van der Waals surface area (Å²) in [6.45, 7) is 0. The molecule has 0 heterocycles. The van der Waals surface area contributed by atoms with Crippen LogP contribution in [-0.4, -0.2) is 11.7 Å². The van der Waals surface area contributed by atoms with Crippen LogP contribution in [0.4, 0.5) is 0 Å². The molecule has 3 nitrogen and oxygen atoms in total. The van der Waals surface area contributed by atoms with Crippen LogP contribution >= 0.6 is 0 Å². The van der Waals surface area contributed by atoms with Crippen molar-refractivity contribution < 1.29 is 9.63 Å². The van der Waals surface area contributed by atoms with Crippen molar-refractivity contribution in [3.63, 3.8) is 0 Å². The molecule has 1 aromatic carbocycles. The molecule has 0 amide bonds. The van der Waals surface area contributed by atoms with E-state index >= 15 is 0 Å². The average molecular weight is 301 g/mol. The van der Waals surface area contributed by atoms with E-state index in [1.54, 1.807) is 12.1 Å². The Morgan fingerprint density at radius 1 is 0.773 bits per heavy atom. The van der Waals surface area contributed by atoms with Crippen molar-refractivity contribution >= 4 is 11.7 Å². The van der Waals surface area contributed by atoms with Crippen LogP contribution in [0.3, 0.4) is 0 Å². The normalized spacial score (nSPS) is 17.9. The lowest BCUT2D eigenvalue weighted by Crippen LogP contribution is -2.06. The van der Waals surface area contributed by atoms with Crippen LogP contribution in [0.2, 0.25) is 0 Å². The highest BCUT2D eigenvalue weighted by atomic mass is 16.7. The van der Waals surface area contributed by atoms with Crippen molar-refractivity contribution in [2.45, 2.75) is 70.6 Å². The van der Waals surface area contributed by atoms with Crippen LogP contribution in [0, 0.1) is 0 Å². The van der Waals surface area contributed by atoms with Gasteiger partial charge in [-0.25, -0.2) is 4.79 Å². The fourth-order valence-electron chi connectivity index (χ4n) is 2.84. The molecule has 0 aromatic heterocycles. The summed E-state index contributed by atoms with van der Waals surface area (Å²) >= 11 is 0. The summed E-state index contributed by atoms with van der Waals surface area (Å²) in [5.41, 5.74) is 1.60. The van der Waals surface area contributed by atoms with Gasteiger partial charge in [0, 0.05) is 0 Å². The lowest BCUT2D eigenvalue weighted by atomic mass is 10.00. The molecule has 0 spiro atoms. The summed E-state index contributed by atoms with van der Waals surface area (Å²) in [6.07, 6.45) is 13.5. The third kappa shape index (κ3) is 6.42. The van der Waals surface area contributed by atoms with Gasteiger partial charge >= 0.3 is 5.97 Å². The molecule has 3 heteroatoms. The zero-order valence-corrected chi connectivity index (χ0v) is 13.4. The van der Waals surface area contributed by atoms with Crippen LogP contribution in [-0.2, 0) is 4.84 Å². The number of hydrogen-bond acceptors (Lipinski definition) is 3. The zero-order chi connectivity index (χ0) is 15.5. The van der Waals surface area contributed by atoms with Crippen molar-refractivity contribution in [3.8, 4) is 0 Å². The molecule has 1 fully saturated rings. The molecule has 2 rings (SSSR count). The molecule has 1 aromatic rings. The number of oxime groups is 1. The molecule has 0 bridgehead atoms. The van der Waals surface area contributed by atoms with Crippen LogP contribution in [0.25, 0.3) is 0 Å². The lowest BCUT2D eigenvalue weighted by molar-refractivity contribution is 0.0514. The fourth-order valence-corrected chi connectivity index (χ4v) is 2.84. The van der Waals surface area contributed by atoms with E-state index in [9.17, 15) is 4.79 Å². The Morgan fingerprint density at radius 2 is 1.27 bits per heavy atom. The molecule has 0 atom stereocenters. The quantitative estimate of drug-likeness (QED) is 0.534. The summed E-state index contributed by atoms with van der Waals surface area (Å²) in [7, 11) is 0. The monoisotopic (exact) mass is 301 g/mol. The maximum atomic E-state index is 11.9. The Hall–Kier alpha value is -1.64. The maximum Gasteiger partial charge on any atom is 0.365 e. The zero-order valence-electron chi connectivity index (χ0n) is 13.4. The third-order valence-electron chi connectivity index (χ3n) is 4.20. The van der Waals surface area contributed by atoms with Gasteiger partial charge in [-0.05, 0) is 37.8 Å². The second-order valence-electron chi connectivity index (χ2n) is 6.08. The van der Waals surface area contributed by atoms with Gasteiger partial charge in [0.15, 0.2) is 0 Å². The van der Waals surface area contributed by atoms with E-state index in [0.717, 1.165) is 31.4 Å². The van der Waals surface area contributed by atoms with Gasteiger partial charge < -0.3 is 4.84 Å². The minimum absolute atomic E-state index is 0.362. The van der Waals surface area contributed by atoms with E-state index in [1.807, 2.05) is 18.2 Å². The molecule has 0 N–H and O–H groups in total. The van der Waals surface area contributed by atoms with Gasteiger partial charge in [0.25, 0.3) is 0 Å². The predicted molar refractivity (Wildman–Crippen MR) is 90.1 cm³/mol. The Kier molecular flexibility index (Phi) is 7.71. The molecular weight excluding hydrogens is 274 g/mol. The highest BCUT2D eigenvalue weighted by Gasteiger charge is 2.08.